The Labute approximate surface area is 176 Å². The third kappa shape index (κ3) is 4.21. The molecule has 1 aromatic heterocycles. The minimum Gasteiger partial charge on any atom is -0.454 e. The standard InChI is InChI=1S/C21H26N4O3.ClH/c26-21(16-4-5-18-19(12-16)28-14-27-18)23-20-6-9-22-25(20)17-7-10-24(11-8-17)13-15-2-1-3-15;/h4-6,9,12,15,17H,1-3,7-8,10-11,13-14H2,(H,23,26);1H. The first-order valence-electron chi connectivity index (χ1n) is 10.2. The van der Waals surface area contributed by atoms with E-state index in [4.69, 9.17) is 9.47 Å². The van der Waals surface area contributed by atoms with Crippen LogP contribution in [0.5, 0.6) is 11.5 Å². The summed E-state index contributed by atoms with van der Waals surface area (Å²) in [6.07, 6.45) is 8.10. The summed E-state index contributed by atoms with van der Waals surface area (Å²) in [6.45, 7) is 3.67. The highest BCUT2D eigenvalue weighted by Crippen LogP contribution is 2.33. The molecular weight excluding hydrogens is 392 g/mol. The van der Waals surface area contributed by atoms with Crippen molar-refractivity contribution in [3.05, 3.63) is 36.0 Å². The van der Waals surface area contributed by atoms with Crippen LogP contribution in [-0.2, 0) is 0 Å². The molecule has 0 radical (unpaired) electrons. The predicted molar refractivity (Wildman–Crippen MR) is 112 cm³/mol. The van der Waals surface area contributed by atoms with Crippen LogP contribution >= 0.6 is 12.4 Å². The Morgan fingerprint density at radius 1 is 1.10 bits per heavy atom. The number of carbonyl (C=O) groups excluding carboxylic acids is 1. The molecule has 0 unspecified atom stereocenters. The fourth-order valence-electron chi connectivity index (χ4n) is 4.32. The van der Waals surface area contributed by atoms with Gasteiger partial charge in [0.2, 0.25) is 6.79 Å². The molecule has 1 aliphatic carbocycles. The Morgan fingerprint density at radius 3 is 2.66 bits per heavy atom. The fraction of sp³-hybridized carbons (Fsp3) is 0.524. The van der Waals surface area contributed by atoms with Gasteiger partial charge in [0.15, 0.2) is 11.5 Å². The van der Waals surface area contributed by atoms with Gasteiger partial charge in [0.1, 0.15) is 5.82 Å². The summed E-state index contributed by atoms with van der Waals surface area (Å²) in [5, 5.41) is 7.51. The van der Waals surface area contributed by atoms with Crippen LogP contribution in [0.1, 0.15) is 48.5 Å². The Morgan fingerprint density at radius 2 is 1.90 bits per heavy atom. The highest BCUT2D eigenvalue weighted by atomic mass is 35.5. The predicted octanol–water partition coefficient (Wildman–Crippen LogP) is 3.72. The molecule has 3 aliphatic rings. The van der Waals surface area contributed by atoms with Crippen LogP contribution in [0.2, 0.25) is 0 Å². The summed E-state index contributed by atoms with van der Waals surface area (Å²) in [7, 11) is 0. The molecule has 8 heteroatoms. The number of halogens is 1. The van der Waals surface area contributed by atoms with E-state index in [1.54, 1.807) is 24.4 Å². The topological polar surface area (TPSA) is 68.6 Å². The van der Waals surface area contributed by atoms with Gasteiger partial charge < -0.3 is 19.7 Å². The van der Waals surface area contributed by atoms with Crippen molar-refractivity contribution in [3.8, 4) is 11.5 Å². The van der Waals surface area contributed by atoms with Gasteiger partial charge in [-0.1, -0.05) is 6.42 Å². The van der Waals surface area contributed by atoms with Crippen molar-refractivity contribution in [1.82, 2.24) is 14.7 Å². The van der Waals surface area contributed by atoms with E-state index >= 15 is 0 Å². The van der Waals surface area contributed by atoms with Crippen molar-refractivity contribution in [3.63, 3.8) is 0 Å². The second kappa shape index (κ2) is 8.63. The Kier molecular flexibility index (Phi) is 5.96. The number of piperidine rings is 1. The molecule has 7 nitrogen and oxygen atoms in total. The zero-order valence-corrected chi connectivity index (χ0v) is 17.2. The number of fused-ring (bicyclic) bond motifs is 1. The minimum atomic E-state index is -0.164. The quantitative estimate of drug-likeness (QED) is 0.801. The van der Waals surface area contributed by atoms with Crippen LogP contribution < -0.4 is 14.8 Å². The van der Waals surface area contributed by atoms with Crippen LogP contribution in [0, 0.1) is 5.92 Å². The smallest absolute Gasteiger partial charge is 0.256 e. The summed E-state index contributed by atoms with van der Waals surface area (Å²) in [4.78, 5) is 15.3. The van der Waals surface area contributed by atoms with Gasteiger partial charge >= 0.3 is 0 Å². The Hall–Kier alpha value is -2.25. The number of nitrogens with zero attached hydrogens (tertiary/aromatic N) is 3. The minimum absolute atomic E-state index is 0. The van der Waals surface area contributed by atoms with Gasteiger partial charge in [-0.2, -0.15) is 5.10 Å². The maximum atomic E-state index is 12.7. The number of hydrogen-bond acceptors (Lipinski definition) is 5. The van der Waals surface area contributed by atoms with Gasteiger partial charge in [-0.05, 0) is 49.8 Å². The molecule has 2 aromatic rings. The number of hydrogen-bond donors (Lipinski definition) is 1. The zero-order valence-electron chi connectivity index (χ0n) is 16.4. The van der Waals surface area contributed by atoms with E-state index in [1.165, 1.54) is 25.8 Å². The Bertz CT molecular complexity index is 859. The lowest BCUT2D eigenvalue weighted by atomic mass is 9.84. The van der Waals surface area contributed by atoms with E-state index in [1.807, 2.05) is 10.7 Å². The molecule has 29 heavy (non-hydrogen) atoms. The monoisotopic (exact) mass is 418 g/mol. The third-order valence-electron chi connectivity index (χ3n) is 6.19. The van der Waals surface area contributed by atoms with Gasteiger partial charge in [0.05, 0.1) is 12.2 Å². The van der Waals surface area contributed by atoms with E-state index in [9.17, 15) is 4.79 Å². The molecule has 3 heterocycles. The summed E-state index contributed by atoms with van der Waals surface area (Å²) < 4.78 is 12.7. The summed E-state index contributed by atoms with van der Waals surface area (Å²) >= 11 is 0. The molecule has 2 aliphatic heterocycles. The molecule has 2 fully saturated rings. The van der Waals surface area contributed by atoms with Crippen molar-refractivity contribution in [2.45, 2.75) is 38.1 Å². The number of aromatic nitrogens is 2. The molecule has 1 N–H and O–H groups in total. The SMILES string of the molecule is Cl.O=C(Nc1ccnn1C1CCN(CC2CCC2)CC1)c1ccc2c(c1)OCO2. The summed E-state index contributed by atoms with van der Waals surface area (Å²) in [5.41, 5.74) is 0.548. The first kappa shape index (κ1) is 20.0. The number of carbonyl (C=O) groups is 1. The number of nitrogens with one attached hydrogen (secondary N) is 1. The normalized spacial score (nSPS) is 19.4. The van der Waals surface area contributed by atoms with Crippen LogP contribution in [0.4, 0.5) is 5.82 Å². The summed E-state index contributed by atoms with van der Waals surface area (Å²) in [6, 6.07) is 7.44. The lowest BCUT2D eigenvalue weighted by Crippen LogP contribution is -2.39. The molecule has 1 amide bonds. The largest absolute Gasteiger partial charge is 0.454 e. The van der Waals surface area contributed by atoms with Gasteiger partial charge in [-0.15, -0.1) is 12.4 Å². The molecule has 5 rings (SSSR count). The van der Waals surface area contributed by atoms with E-state index in [0.29, 0.717) is 23.1 Å². The molecule has 1 saturated heterocycles. The maximum absolute atomic E-state index is 12.7. The summed E-state index contributed by atoms with van der Waals surface area (Å²) in [5.74, 6) is 2.79. The first-order valence-corrected chi connectivity index (χ1v) is 10.2. The molecular formula is C21H27ClN4O3. The van der Waals surface area contributed by atoms with Crippen molar-refractivity contribution in [1.29, 1.82) is 0 Å². The van der Waals surface area contributed by atoms with Gasteiger partial charge in [0.25, 0.3) is 5.91 Å². The molecule has 156 valence electrons. The molecule has 0 atom stereocenters. The van der Waals surface area contributed by atoms with Crippen LogP contribution in [0.15, 0.2) is 30.5 Å². The number of rotatable bonds is 5. The van der Waals surface area contributed by atoms with Crippen LogP contribution in [-0.4, -0.2) is 47.0 Å². The lowest BCUT2D eigenvalue weighted by molar-refractivity contribution is 0.102. The zero-order chi connectivity index (χ0) is 18.9. The van der Waals surface area contributed by atoms with Crippen molar-refractivity contribution in [2.75, 3.05) is 31.7 Å². The van der Waals surface area contributed by atoms with Crippen molar-refractivity contribution < 1.29 is 14.3 Å². The van der Waals surface area contributed by atoms with E-state index in [2.05, 4.69) is 15.3 Å². The average molecular weight is 419 g/mol. The Balaban J connectivity index is 0.00000205. The van der Waals surface area contributed by atoms with Gasteiger partial charge in [-0.3, -0.25) is 4.79 Å². The average Bonchev–Trinajstić information content (AvgIpc) is 3.33. The molecule has 1 aromatic carbocycles. The number of likely N-dealkylation sites (tertiary alicyclic amines) is 1. The van der Waals surface area contributed by atoms with Crippen molar-refractivity contribution >= 4 is 24.1 Å². The molecule has 0 spiro atoms. The van der Waals surface area contributed by atoms with Gasteiger partial charge in [-0.25, -0.2) is 4.68 Å². The van der Waals surface area contributed by atoms with E-state index in [0.717, 1.165) is 37.7 Å². The van der Waals surface area contributed by atoms with Crippen LogP contribution in [0.25, 0.3) is 0 Å². The fourth-order valence-corrected chi connectivity index (χ4v) is 4.32. The highest BCUT2D eigenvalue weighted by molar-refractivity contribution is 6.04. The molecule has 0 bridgehead atoms. The van der Waals surface area contributed by atoms with Gasteiger partial charge in [0, 0.05) is 31.3 Å². The van der Waals surface area contributed by atoms with E-state index in [-0.39, 0.29) is 25.1 Å². The molecule has 1 saturated carbocycles. The van der Waals surface area contributed by atoms with E-state index < -0.39 is 0 Å². The van der Waals surface area contributed by atoms with Crippen LogP contribution in [0.3, 0.4) is 0 Å². The maximum Gasteiger partial charge on any atom is 0.256 e. The highest BCUT2D eigenvalue weighted by Gasteiger charge is 2.27. The number of anilines is 1. The number of amides is 1. The number of benzene rings is 1. The second-order valence-electron chi connectivity index (χ2n) is 8.01. The third-order valence-corrected chi connectivity index (χ3v) is 6.19. The number of ether oxygens (including phenoxy) is 2. The second-order valence-corrected chi connectivity index (χ2v) is 8.01. The lowest BCUT2D eigenvalue weighted by Gasteiger charge is -2.37. The van der Waals surface area contributed by atoms with Crippen molar-refractivity contribution in [2.24, 2.45) is 5.92 Å². The first-order chi connectivity index (χ1) is 13.8.